The minimum Gasteiger partial charge on any atom is -0.481 e. The van der Waals surface area contributed by atoms with Gasteiger partial charge in [-0.05, 0) is 0 Å². The zero-order valence-electron chi connectivity index (χ0n) is 7.43. The van der Waals surface area contributed by atoms with Crippen molar-refractivity contribution < 1.29 is 13.5 Å². The second kappa shape index (κ2) is 4.41. The molecule has 0 aliphatic rings. The molecular weight excluding hydrogens is 214 g/mol. The summed E-state index contributed by atoms with van der Waals surface area (Å²) in [4.78, 5) is 3.78. The Hall–Kier alpha value is -1.10. The fraction of sp³-hybridized carbons (Fsp3) is 0.375. The van der Waals surface area contributed by atoms with E-state index in [9.17, 15) is 8.78 Å². The molecule has 0 radical (unpaired) electrons. The first-order valence-electron chi connectivity index (χ1n) is 3.77. The predicted octanol–water partition coefficient (Wildman–Crippen LogP) is 2.35. The zero-order chi connectivity index (χ0) is 10.7. The highest BCUT2D eigenvalue weighted by molar-refractivity contribution is 6.17. The summed E-state index contributed by atoms with van der Waals surface area (Å²) in [6.45, 7) is 0. The number of pyridine rings is 1. The average Bonchev–Trinajstić information content (AvgIpc) is 2.15. The highest BCUT2D eigenvalue weighted by Crippen LogP contribution is 2.30. The lowest BCUT2D eigenvalue weighted by Crippen LogP contribution is -2.04. The fourth-order valence-corrected chi connectivity index (χ4v) is 1.27. The predicted molar refractivity (Wildman–Crippen MR) is 49.7 cm³/mol. The fourth-order valence-electron chi connectivity index (χ4n) is 1.06. The number of nitrogens with zero attached hydrogens (tertiary/aromatic N) is 1. The van der Waals surface area contributed by atoms with Crippen LogP contribution in [0.15, 0.2) is 6.07 Å². The molecule has 1 aromatic rings. The molecule has 0 atom stereocenters. The van der Waals surface area contributed by atoms with Gasteiger partial charge in [-0.2, -0.15) is 0 Å². The summed E-state index contributed by atoms with van der Waals surface area (Å²) in [6, 6.07) is 1.25. The summed E-state index contributed by atoms with van der Waals surface area (Å²) in [5.41, 5.74) is 5.10. The van der Waals surface area contributed by atoms with Gasteiger partial charge in [-0.15, -0.1) is 11.6 Å². The minimum atomic E-state index is -2.68. The quantitative estimate of drug-likeness (QED) is 0.799. The van der Waals surface area contributed by atoms with Crippen molar-refractivity contribution in [2.45, 2.75) is 12.3 Å². The minimum absolute atomic E-state index is 0.0532. The third-order valence-electron chi connectivity index (χ3n) is 1.70. The molecule has 2 N–H and O–H groups in total. The van der Waals surface area contributed by atoms with E-state index in [4.69, 9.17) is 22.1 Å². The molecule has 3 nitrogen and oxygen atoms in total. The van der Waals surface area contributed by atoms with Crippen LogP contribution in [0, 0.1) is 0 Å². The smallest absolute Gasteiger partial charge is 0.267 e. The molecule has 0 amide bonds. The summed E-state index contributed by atoms with van der Waals surface area (Å²) < 4.78 is 29.8. The number of methoxy groups -OCH3 is 1. The Morgan fingerprint density at radius 2 is 2.29 bits per heavy atom. The molecule has 0 aromatic carbocycles. The Morgan fingerprint density at radius 1 is 1.64 bits per heavy atom. The van der Waals surface area contributed by atoms with Crippen molar-refractivity contribution >= 4 is 17.3 Å². The van der Waals surface area contributed by atoms with Crippen LogP contribution in [-0.2, 0) is 5.88 Å². The Labute approximate surface area is 84.8 Å². The van der Waals surface area contributed by atoms with Gasteiger partial charge in [-0.3, -0.25) is 0 Å². The molecule has 6 heteroatoms. The van der Waals surface area contributed by atoms with E-state index in [-0.39, 0.29) is 28.7 Å². The summed E-state index contributed by atoms with van der Waals surface area (Å²) in [5, 5.41) is 0. The molecule has 0 aliphatic heterocycles. The first kappa shape index (κ1) is 11.0. The van der Waals surface area contributed by atoms with Crippen molar-refractivity contribution in [2.24, 2.45) is 0 Å². The number of nitrogen functional groups attached to an aromatic ring is 1. The van der Waals surface area contributed by atoms with Crippen molar-refractivity contribution in [3.63, 3.8) is 0 Å². The van der Waals surface area contributed by atoms with Crippen molar-refractivity contribution in [1.82, 2.24) is 4.98 Å². The van der Waals surface area contributed by atoms with Crippen molar-refractivity contribution in [2.75, 3.05) is 12.8 Å². The van der Waals surface area contributed by atoms with Crippen LogP contribution in [0.4, 0.5) is 14.5 Å². The number of aromatic nitrogens is 1. The van der Waals surface area contributed by atoms with Crippen molar-refractivity contribution in [1.29, 1.82) is 0 Å². The molecule has 0 bridgehead atoms. The number of rotatable bonds is 3. The van der Waals surface area contributed by atoms with Gasteiger partial charge in [0.2, 0.25) is 5.88 Å². The molecular formula is C8H9ClF2N2O. The van der Waals surface area contributed by atoms with E-state index < -0.39 is 6.43 Å². The van der Waals surface area contributed by atoms with Gasteiger partial charge in [0.15, 0.2) is 0 Å². The maximum Gasteiger partial charge on any atom is 0.267 e. The molecule has 0 aliphatic carbocycles. The normalized spacial score (nSPS) is 10.6. The maximum absolute atomic E-state index is 12.5. The van der Waals surface area contributed by atoms with Crippen molar-refractivity contribution in [3.8, 4) is 5.88 Å². The average molecular weight is 223 g/mol. The van der Waals surface area contributed by atoms with Crippen LogP contribution in [0.3, 0.4) is 0 Å². The molecule has 14 heavy (non-hydrogen) atoms. The van der Waals surface area contributed by atoms with E-state index in [1.54, 1.807) is 0 Å². The number of halogens is 3. The number of nitrogens with two attached hydrogens (primary N) is 1. The second-order valence-corrected chi connectivity index (χ2v) is 2.82. The summed E-state index contributed by atoms with van der Waals surface area (Å²) in [5.74, 6) is 0.0590. The number of hydrogen-bond donors (Lipinski definition) is 1. The maximum atomic E-state index is 12.5. The molecule has 0 fully saturated rings. The van der Waals surface area contributed by atoms with E-state index in [1.165, 1.54) is 13.2 Å². The first-order chi connectivity index (χ1) is 6.60. The third kappa shape index (κ3) is 2.04. The van der Waals surface area contributed by atoms with Crippen LogP contribution in [0.2, 0.25) is 0 Å². The highest BCUT2D eigenvalue weighted by atomic mass is 35.5. The van der Waals surface area contributed by atoms with Gasteiger partial charge in [0.05, 0.1) is 24.2 Å². The first-order valence-corrected chi connectivity index (χ1v) is 4.31. The van der Waals surface area contributed by atoms with Crippen LogP contribution in [0.1, 0.15) is 17.7 Å². The lowest BCUT2D eigenvalue weighted by atomic mass is 10.2. The second-order valence-electron chi connectivity index (χ2n) is 2.55. The highest BCUT2D eigenvalue weighted by Gasteiger charge is 2.18. The Bertz CT molecular complexity index is 333. The number of anilines is 1. The van der Waals surface area contributed by atoms with E-state index in [1.807, 2.05) is 0 Å². The molecule has 0 unspecified atom stereocenters. The number of ether oxygens (including phenoxy) is 1. The van der Waals surface area contributed by atoms with Gasteiger partial charge in [-0.25, -0.2) is 13.8 Å². The van der Waals surface area contributed by atoms with Gasteiger partial charge >= 0.3 is 0 Å². The molecule has 0 spiro atoms. The van der Waals surface area contributed by atoms with E-state index in [0.29, 0.717) is 0 Å². The van der Waals surface area contributed by atoms with Gasteiger partial charge in [0.25, 0.3) is 6.43 Å². The standard InChI is InChI=1S/C8H9ClF2N2O/c1-14-6-2-4(12)7(8(10)11)5(3-9)13-6/h2,8H,3H2,1H3,(H2,12,13). The van der Waals surface area contributed by atoms with E-state index in [2.05, 4.69) is 4.98 Å². The molecule has 0 saturated heterocycles. The summed E-state index contributed by atoms with van der Waals surface area (Å²) >= 11 is 5.47. The van der Waals surface area contributed by atoms with Gasteiger partial charge in [0, 0.05) is 11.8 Å². The van der Waals surface area contributed by atoms with Crippen LogP contribution >= 0.6 is 11.6 Å². The molecule has 1 heterocycles. The molecule has 1 rings (SSSR count). The number of hydrogen-bond acceptors (Lipinski definition) is 3. The van der Waals surface area contributed by atoms with E-state index >= 15 is 0 Å². The van der Waals surface area contributed by atoms with Crippen LogP contribution < -0.4 is 10.5 Å². The monoisotopic (exact) mass is 222 g/mol. The third-order valence-corrected chi connectivity index (χ3v) is 1.95. The lowest BCUT2D eigenvalue weighted by Gasteiger charge is -2.10. The molecule has 1 aromatic heterocycles. The Kier molecular flexibility index (Phi) is 3.46. The van der Waals surface area contributed by atoms with Crippen molar-refractivity contribution in [3.05, 3.63) is 17.3 Å². The summed E-state index contributed by atoms with van der Waals surface area (Å²) in [7, 11) is 1.38. The molecule has 78 valence electrons. The molecule has 0 saturated carbocycles. The van der Waals surface area contributed by atoms with E-state index in [0.717, 1.165) is 0 Å². The Morgan fingerprint density at radius 3 is 2.71 bits per heavy atom. The summed E-state index contributed by atoms with van der Waals surface area (Å²) in [6.07, 6.45) is -2.68. The Balaban J connectivity index is 3.27. The lowest BCUT2D eigenvalue weighted by molar-refractivity contribution is 0.150. The topological polar surface area (TPSA) is 48.1 Å². The zero-order valence-corrected chi connectivity index (χ0v) is 8.18. The van der Waals surface area contributed by atoms with Gasteiger partial charge in [-0.1, -0.05) is 0 Å². The van der Waals surface area contributed by atoms with Gasteiger partial charge in [0.1, 0.15) is 0 Å². The van der Waals surface area contributed by atoms with Crippen LogP contribution in [0.5, 0.6) is 5.88 Å². The van der Waals surface area contributed by atoms with Crippen LogP contribution in [-0.4, -0.2) is 12.1 Å². The van der Waals surface area contributed by atoms with Crippen LogP contribution in [0.25, 0.3) is 0 Å². The number of alkyl halides is 3. The SMILES string of the molecule is COc1cc(N)c(C(F)F)c(CCl)n1. The largest absolute Gasteiger partial charge is 0.481 e. The van der Waals surface area contributed by atoms with Gasteiger partial charge < -0.3 is 10.5 Å².